The van der Waals surface area contributed by atoms with Crippen LogP contribution in [0.2, 0.25) is 0 Å². The van der Waals surface area contributed by atoms with Crippen LogP contribution in [0.5, 0.6) is 0 Å². The van der Waals surface area contributed by atoms with Crippen LogP contribution < -0.4 is 11.1 Å². The number of carbonyl (C=O) groups is 1. The van der Waals surface area contributed by atoms with E-state index >= 15 is 0 Å². The minimum Gasteiger partial charge on any atom is -0.330 e. The summed E-state index contributed by atoms with van der Waals surface area (Å²) < 4.78 is 0. The molecular formula is C15H24N2O. The molecule has 0 fully saturated rings. The predicted octanol–water partition coefficient (Wildman–Crippen LogP) is 3.01. The summed E-state index contributed by atoms with van der Waals surface area (Å²) in [5.74, 6) is 0.602. The van der Waals surface area contributed by atoms with Crippen molar-refractivity contribution in [1.29, 1.82) is 0 Å². The lowest BCUT2D eigenvalue weighted by Crippen LogP contribution is -2.14. The quantitative estimate of drug-likeness (QED) is 0.813. The van der Waals surface area contributed by atoms with E-state index in [1.54, 1.807) is 0 Å². The number of nitrogens with two attached hydrogens (primary N) is 1. The number of anilines is 1. The number of hydrogen-bond donors (Lipinski definition) is 2. The Bertz CT molecular complexity index is 401. The van der Waals surface area contributed by atoms with Crippen molar-refractivity contribution in [2.75, 3.05) is 11.9 Å². The molecule has 0 aliphatic carbocycles. The van der Waals surface area contributed by atoms with Gasteiger partial charge in [0.25, 0.3) is 0 Å². The van der Waals surface area contributed by atoms with Crippen molar-refractivity contribution in [3.05, 3.63) is 29.3 Å². The van der Waals surface area contributed by atoms with E-state index in [2.05, 4.69) is 18.3 Å². The van der Waals surface area contributed by atoms with Gasteiger partial charge < -0.3 is 11.1 Å². The first-order valence-corrected chi connectivity index (χ1v) is 6.60. The average Bonchev–Trinajstić information content (AvgIpc) is 2.31. The minimum atomic E-state index is 0.0887. The Labute approximate surface area is 110 Å². The SMILES string of the molecule is Cc1ccc(NC(=O)CCC(C)CCN)c(C)c1. The second-order valence-electron chi connectivity index (χ2n) is 5.09. The molecule has 0 radical (unpaired) electrons. The summed E-state index contributed by atoms with van der Waals surface area (Å²) in [7, 11) is 0. The Hall–Kier alpha value is -1.35. The van der Waals surface area contributed by atoms with Crippen LogP contribution in [-0.2, 0) is 4.79 Å². The van der Waals surface area contributed by atoms with Gasteiger partial charge in [-0.3, -0.25) is 4.79 Å². The molecule has 1 amide bonds. The molecule has 0 saturated heterocycles. The molecule has 3 N–H and O–H groups in total. The molecule has 0 aliphatic rings. The van der Waals surface area contributed by atoms with E-state index in [9.17, 15) is 4.79 Å². The molecule has 0 aliphatic heterocycles. The zero-order valence-electron chi connectivity index (χ0n) is 11.6. The second kappa shape index (κ2) is 7.17. The monoisotopic (exact) mass is 248 g/mol. The van der Waals surface area contributed by atoms with Gasteiger partial charge in [0, 0.05) is 12.1 Å². The zero-order chi connectivity index (χ0) is 13.5. The summed E-state index contributed by atoms with van der Waals surface area (Å²) in [4.78, 5) is 11.8. The highest BCUT2D eigenvalue weighted by atomic mass is 16.1. The van der Waals surface area contributed by atoms with E-state index in [0.717, 1.165) is 24.1 Å². The fraction of sp³-hybridized carbons (Fsp3) is 0.533. The number of nitrogens with one attached hydrogen (secondary N) is 1. The molecule has 100 valence electrons. The molecule has 18 heavy (non-hydrogen) atoms. The molecule has 0 saturated carbocycles. The number of rotatable bonds is 6. The van der Waals surface area contributed by atoms with Crippen LogP contribution in [0.1, 0.15) is 37.3 Å². The number of benzene rings is 1. The molecule has 3 nitrogen and oxygen atoms in total. The van der Waals surface area contributed by atoms with Crippen LogP contribution in [0.15, 0.2) is 18.2 Å². The Kier molecular flexibility index (Phi) is 5.86. The van der Waals surface area contributed by atoms with Gasteiger partial charge in [-0.1, -0.05) is 24.6 Å². The van der Waals surface area contributed by atoms with E-state index < -0.39 is 0 Å². The minimum absolute atomic E-state index is 0.0887. The third-order valence-electron chi connectivity index (χ3n) is 3.18. The van der Waals surface area contributed by atoms with Gasteiger partial charge in [-0.25, -0.2) is 0 Å². The van der Waals surface area contributed by atoms with E-state index in [-0.39, 0.29) is 5.91 Å². The molecule has 0 spiro atoms. The highest BCUT2D eigenvalue weighted by Gasteiger charge is 2.07. The number of aryl methyl sites for hydroxylation is 2. The Balaban J connectivity index is 2.44. The number of hydrogen-bond acceptors (Lipinski definition) is 2. The lowest BCUT2D eigenvalue weighted by atomic mass is 10.0. The van der Waals surface area contributed by atoms with Crippen molar-refractivity contribution in [2.45, 2.75) is 40.0 Å². The standard InChI is InChI=1S/C15H24N2O/c1-11(8-9-16)5-7-15(18)17-14-6-4-12(2)10-13(14)3/h4,6,10-11H,5,7-9,16H2,1-3H3,(H,17,18). The van der Waals surface area contributed by atoms with Crippen LogP contribution in [-0.4, -0.2) is 12.5 Å². The van der Waals surface area contributed by atoms with E-state index in [4.69, 9.17) is 5.73 Å². The zero-order valence-corrected chi connectivity index (χ0v) is 11.6. The van der Waals surface area contributed by atoms with E-state index in [1.165, 1.54) is 5.56 Å². The molecule has 1 unspecified atom stereocenters. The maximum atomic E-state index is 11.8. The van der Waals surface area contributed by atoms with Gasteiger partial charge in [0.1, 0.15) is 0 Å². The van der Waals surface area contributed by atoms with Crippen LogP contribution in [0.3, 0.4) is 0 Å². The van der Waals surface area contributed by atoms with Crippen molar-refractivity contribution in [1.82, 2.24) is 0 Å². The van der Waals surface area contributed by atoms with Crippen molar-refractivity contribution < 1.29 is 4.79 Å². The molecule has 1 aromatic carbocycles. The summed E-state index contributed by atoms with van der Waals surface area (Å²) in [6, 6.07) is 6.05. The topological polar surface area (TPSA) is 55.1 Å². The van der Waals surface area contributed by atoms with Crippen molar-refractivity contribution in [3.8, 4) is 0 Å². The smallest absolute Gasteiger partial charge is 0.224 e. The van der Waals surface area contributed by atoms with Gasteiger partial charge in [0.2, 0.25) is 5.91 Å². The molecule has 0 bridgehead atoms. The third kappa shape index (κ3) is 4.88. The number of carbonyl (C=O) groups excluding carboxylic acids is 1. The van der Waals surface area contributed by atoms with Crippen LogP contribution in [0.25, 0.3) is 0 Å². The molecular weight excluding hydrogens is 224 g/mol. The fourth-order valence-corrected chi connectivity index (χ4v) is 1.97. The van der Waals surface area contributed by atoms with E-state index in [0.29, 0.717) is 18.9 Å². The summed E-state index contributed by atoms with van der Waals surface area (Å²) in [6.07, 6.45) is 2.44. The van der Waals surface area contributed by atoms with Crippen LogP contribution in [0, 0.1) is 19.8 Å². The molecule has 1 rings (SSSR count). The first kappa shape index (κ1) is 14.7. The Morgan fingerprint density at radius 2 is 2.06 bits per heavy atom. The molecule has 0 heterocycles. The maximum absolute atomic E-state index is 11.8. The molecule has 0 aromatic heterocycles. The molecule has 1 aromatic rings. The van der Waals surface area contributed by atoms with Gasteiger partial charge in [-0.05, 0) is 50.8 Å². The van der Waals surface area contributed by atoms with Gasteiger partial charge >= 0.3 is 0 Å². The first-order chi connectivity index (χ1) is 8.52. The van der Waals surface area contributed by atoms with Crippen molar-refractivity contribution in [2.24, 2.45) is 11.7 Å². The predicted molar refractivity (Wildman–Crippen MR) is 76.6 cm³/mol. The molecule has 3 heteroatoms. The van der Waals surface area contributed by atoms with Crippen molar-refractivity contribution >= 4 is 11.6 Å². The van der Waals surface area contributed by atoms with Crippen LogP contribution in [0.4, 0.5) is 5.69 Å². The highest BCUT2D eigenvalue weighted by molar-refractivity contribution is 5.91. The van der Waals surface area contributed by atoms with E-state index in [1.807, 2.05) is 26.0 Å². The lowest BCUT2D eigenvalue weighted by molar-refractivity contribution is -0.116. The maximum Gasteiger partial charge on any atom is 0.224 e. The lowest BCUT2D eigenvalue weighted by Gasteiger charge is -2.11. The summed E-state index contributed by atoms with van der Waals surface area (Å²) in [6.45, 7) is 6.89. The summed E-state index contributed by atoms with van der Waals surface area (Å²) in [5, 5.41) is 2.96. The van der Waals surface area contributed by atoms with Gasteiger partial charge in [0.05, 0.1) is 0 Å². The summed E-state index contributed by atoms with van der Waals surface area (Å²) >= 11 is 0. The van der Waals surface area contributed by atoms with Crippen LogP contribution >= 0.6 is 0 Å². The fourth-order valence-electron chi connectivity index (χ4n) is 1.97. The Morgan fingerprint density at radius 1 is 1.33 bits per heavy atom. The van der Waals surface area contributed by atoms with Gasteiger partial charge in [0.15, 0.2) is 0 Å². The highest BCUT2D eigenvalue weighted by Crippen LogP contribution is 2.17. The summed E-state index contributed by atoms with van der Waals surface area (Å²) in [5.41, 5.74) is 8.73. The normalized spacial score (nSPS) is 12.2. The first-order valence-electron chi connectivity index (χ1n) is 6.60. The third-order valence-corrected chi connectivity index (χ3v) is 3.18. The molecule has 1 atom stereocenters. The van der Waals surface area contributed by atoms with Gasteiger partial charge in [-0.15, -0.1) is 0 Å². The van der Waals surface area contributed by atoms with Crippen molar-refractivity contribution in [3.63, 3.8) is 0 Å². The second-order valence-corrected chi connectivity index (χ2v) is 5.09. The average molecular weight is 248 g/mol. The number of amides is 1. The largest absolute Gasteiger partial charge is 0.330 e. The van der Waals surface area contributed by atoms with Gasteiger partial charge in [-0.2, -0.15) is 0 Å². The Morgan fingerprint density at radius 3 is 2.67 bits per heavy atom.